The van der Waals surface area contributed by atoms with E-state index >= 15 is 0 Å². The van der Waals surface area contributed by atoms with Crippen molar-refractivity contribution in [3.8, 4) is 17.3 Å². The maximum atomic E-state index is 13.6. The zero-order valence-corrected chi connectivity index (χ0v) is 23.2. The second-order valence-corrected chi connectivity index (χ2v) is 11.9. The smallest absolute Gasteiger partial charge is 0.435 e. The Balaban J connectivity index is 1.20. The molecule has 214 valence electrons. The maximum absolute atomic E-state index is 13.6. The average Bonchev–Trinajstić information content (AvgIpc) is 3.56. The van der Waals surface area contributed by atoms with Crippen molar-refractivity contribution in [1.82, 2.24) is 34.7 Å². The van der Waals surface area contributed by atoms with Crippen LogP contribution in [0.25, 0.3) is 11.4 Å². The highest BCUT2D eigenvalue weighted by Crippen LogP contribution is 2.54. The first-order chi connectivity index (χ1) is 19.1. The summed E-state index contributed by atoms with van der Waals surface area (Å²) < 4.78 is 47.9. The Morgan fingerprint density at radius 1 is 1.02 bits per heavy atom. The first-order valence-corrected chi connectivity index (χ1v) is 14.1. The fraction of sp³-hybridized carbons (Fsp3) is 0.643. The minimum Gasteiger partial charge on any atom is -0.480 e. The molecule has 0 amide bonds. The highest BCUT2D eigenvalue weighted by Gasteiger charge is 2.51. The first kappa shape index (κ1) is 26.9. The molecule has 3 aromatic rings. The van der Waals surface area contributed by atoms with Crippen molar-refractivity contribution in [2.24, 2.45) is 11.8 Å². The molecule has 0 saturated heterocycles. The van der Waals surface area contributed by atoms with Crippen molar-refractivity contribution >= 4 is 5.95 Å². The summed E-state index contributed by atoms with van der Waals surface area (Å²) in [5.74, 6) is 2.44. The quantitative estimate of drug-likeness (QED) is 0.363. The number of nitrogens with one attached hydrogen (secondary N) is 1. The summed E-state index contributed by atoms with van der Waals surface area (Å²) in [7, 11) is 1.58. The lowest BCUT2D eigenvalue weighted by Gasteiger charge is -2.41. The molecule has 3 saturated carbocycles. The van der Waals surface area contributed by atoms with Crippen LogP contribution in [0.1, 0.15) is 94.6 Å². The van der Waals surface area contributed by atoms with Crippen molar-refractivity contribution < 1.29 is 17.9 Å². The van der Waals surface area contributed by atoms with Gasteiger partial charge in [0.2, 0.25) is 11.8 Å². The second kappa shape index (κ2) is 9.95. The Morgan fingerprint density at radius 3 is 2.48 bits per heavy atom. The van der Waals surface area contributed by atoms with E-state index in [4.69, 9.17) is 9.72 Å². The lowest BCUT2D eigenvalue weighted by atomic mass is 9.73. The van der Waals surface area contributed by atoms with Crippen LogP contribution in [0, 0.1) is 11.8 Å². The summed E-state index contributed by atoms with van der Waals surface area (Å²) in [6, 6.07) is 1.31. The highest BCUT2D eigenvalue weighted by molar-refractivity contribution is 5.66. The summed E-state index contributed by atoms with van der Waals surface area (Å²) in [5, 5.41) is 7.64. The van der Waals surface area contributed by atoms with Crippen LogP contribution in [0.2, 0.25) is 0 Å². The molecular weight excluding hydrogens is 521 g/mol. The molecule has 3 unspecified atom stereocenters. The van der Waals surface area contributed by atoms with E-state index in [0.717, 1.165) is 50.6 Å². The van der Waals surface area contributed by atoms with Gasteiger partial charge in [-0.1, -0.05) is 13.8 Å². The van der Waals surface area contributed by atoms with E-state index in [-0.39, 0.29) is 17.5 Å². The van der Waals surface area contributed by atoms with Crippen molar-refractivity contribution in [3.63, 3.8) is 0 Å². The molecular formula is C28H35F3N8O. The van der Waals surface area contributed by atoms with Gasteiger partial charge in [-0.05, 0) is 75.7 Å². The molecule has 0 spiro atoms. The van der Waals surface area contributed by atoms with Gasteiger partial charge in [-0.15, -0.1) is 0 Å². The van der Waals surface area contributed by atoms with Crippen molar-refractivity contribution in [1.29, 1.82) is 0 Å². The average molecular weight is 557 g/mol. The van der Waals surface area contributed by atoms with Crippen LogP contribution < -0.4 is 10.1 Å². The molecule has 3 fully saturated rings. The molecule has 6 rings (SSSR count). The summed E-state index contributed by atoms with van der Waals surface area (Å²) in [4.78, 5) is 22.3. The number of hydrogen-bond acceptors (Lipinski definition) is 8. The van der Waals surface area contributed by atoms with Crippen molar-refractivity contribution in [2.75, 3.05) is 12.4 Å². The third-order valence-corrected chi connectivity index (χ3v) is 9.03. The summed E-state index contributed by atoms with van der Waals surface area (Å²) in [6.07, 6.45) is 5.01. The molecule has 2 bridgehead atoms. The van der Waals surface area contributed by atoms with E-state index in [9.17, 15) is 13.2 Å². The molecule has 3 aliphatic rings. The number of rotatable bonds is 8. The third kappa shape index (κ3) is 4.79. The van der Waals surface area contributed by atoms with Gasteiger partial charge in [0.15, 0.2) is 11.5 Å². The van der Waals surface area contributed by atoms with Gasteiger partial charge in [0.1, 0.15) is 18.2 Å². The van der Waals surface area contributed by atoms with E-state index in [1.807, 2.05) is 13.8 Å². The standard InChI is InChI=1S/C28H35F3N8O/c1-15(2)20-11-21(28(29,30)31)38-39(20)27-9-7-18(12-27)19(8-10-27)16(3)36-26-35-14-33-24(37-26)22-23(17-5-6-17)32-13-34-25(22)40-4/h11,13-19H,5-10,12H2,1-4H3,(H,33,35,36,37)/t16-,18?,19?,27?/m0/s1. The Bertz CT molecular complexity index is 1390. The van der Waals surface area contributed by atoms with Crippen LogP contribution in [0.4, 0.5) is 19.1 Å². The summed E-state index contributed by atoms with van der Waals surface area (Å²) >= 11 is 0. The number of anilines is 1. The molecule has 0 radical (unpaired) electrons. The predicted octanol–water partition coefficient (Wildman–Crippen LogP) is 5.96. The molecule has 4 atom stereocenters. The number of methoxy groups -OCH3 is 1. The Hall–Kier alpha value is -3.31. The number of halogens is 3. The number of hydrogen-bond donors (Lipinski definition) is 1. The number of ether oxygens (including phenoxy) is 1. The number of alkyl halides is 3. The lowest BCUT2D eigenvalue weighted by Crippen LogP contribution is -2.41. The van der Waals surface area contributed by atoms with Gasteiger partial charge >= 0.3 is 6.18 Å². The third-order valence-electron chi connectivity index (χ3n) is 9.03. The van der Waals surface area contributed by atoms with Crippen LogP contribution in [0.3, 0.4) is 0 Å². The Kier molecular flexibility index (Phi) is 6.69. The summed E-state index contributed by atoms with van der Waals surface area (Å²) in [5.41, 5.74) is 1.14. The van der Waals surface area contributed by atoms with Gasteiger partial charge in [0, 0.05) is 17.7 Å². The molecule has 12 heteroatoms. The minimum absolute atomic E-state index is 0.0394. The van der Waals surface area contributed by atoms with Gasteiger partial charge in [-0.3, -0.25) is 4.68 Å². The predicted molar refractivity (Wildman–Crippen MR) is 142 cm³/mol. The Labute approximate surface area is 231 Å². The number of fused-ring (bicyclic) bond motifs is 2. The zero-order chi connectivity index (χ0) is 28.2. The normalized spacial score (nSPS) is 25.3. The first-order valence-electron chi connectivity index (χ1n) is 14.1. The minimum atomic E-state index is -4.45. The molecule has 1 N–H and O–H groups in total. The molecule has 0 aliphatic heterocycles. The topological polar surface area (TPSA) is 104 Å². The molecule has 3 heterocycles. The number of aromatic nitrogens is 7. The van der Waals surface area contributed by atoms with E-state index in [0.29, 0.717) is 46.7 Å². The van der Waals surface area contributed by atoms with Crippen LogP contribution >= 0.6 is 0 Å². The SMILES string of the molecule is COc1ncnc(C2CC2)c1-c1ncnc(N[C@@H](C)C2CCC3(n4nc(C(F)(F)F)cc4C(C)C)CCC2C3)n1. The van der Waals surface area contributed by atoms with Crippen molar-refractivity contribution in [3.05, 3.63) is 35.8 Å². The van der Waals surface area contributed by atoms with E-state index in [1.165, 1.54) is 18.7 Å². The summed E-state index contributed by atoms with van der Waals surface area (Å²) in [6.45, 7) is 6.00. The largest absolute Gasteiger partial charge is 0.480 e. The second-order valence-electron chi connectivity index (χ2n) is 11.9. The van der Waals surface area contributed by atoms with Crippen LogP contribution in [-0.4, -0.2) is 47.9 Å². The molecule has 9 nitrogen and oxygen atoms in total. The molecule has 0 aromatic carbocycles. The zero-order valence-electron chi connectivity index (χ0n) is 23.2. The van der Waals surface area contributed by atoms with Gasteiger partial charge in [0.25, 0.3) is 0 Å². The highest BCUT2D eigenvalue weighted by atomic mass is 19.4. The number of nitrogens with zero attached hydrogens (tertiary/aromatic N) is 7. The van der Waals surface area contributed by atoms with E-state index in [2.05, 4.69) is 37.3 Å². The molecule has 3 aromatic heterocycles. The van der Waals surface area contributed by atoms with E-state index in [1.54, 1.807) is 11.8 Å². The van der Waals surface area contributed by atoms with Gasteiger partial charge < -0.3 is 10.1 Å². The van der Waals surface area contributed by atoms with Crippen LogP contribution in [0.5, 0.6) is 5.88 Å². The molecule has 40 heavy (non-hydrogen) atoms. The van der Waals surface area contributed by atoms with Crippen molar-refractivity contribution in [2.45, 2.75) is 95.3 Å². The van der Waals surface area contributed by atoms with Crippen LogP contribution in [-0.2, 0) is 11.7 Å². The maximum Gasteiger partial charge on any atom is 0.435 e. The van der Waals surface area contributed by atoms with Gasteiger partial charge in [0.05, 0.1) is 18.3 Å². The fourth-order valence-electron chi connectivity index (χ4n) is 6.90. The van der Waals surface area contributed by atoms with Gasteiger partial charge in [-0.2, -0.15) is 23.3 Å². The van der Waals surface area contributed by atoms with Gasteiger partial charge in [-0.25, -0.2) is 19.9 Å². The van der Waals surface area contributed by atoms with E-state index < -0.39 is 11.9 Å². The lowest BCUT2D eigenvalue weighted by molar-refractivity contribution is -0.141. The monoisotopic (exact) mass is 556 g/mol. The van der Waals surface area contributed by atoms with Crippen LogP contribution in [0.15, 0.2) is 18.7 Å². The molecule has 3 aliphatic carbocycles. The fourth-order valence-corrected chi connectivity index (χ4v) is 6.90. The Morgan fingerprint density at radius 2 is 1.77 bits per heavy atom.